The third-order valence-electron chi connectivity index (χ3n) is 5.13. The van der Waals surface area contributed by atoms with Crippen molar-refractivity contribution in [3.8, 4) is 11.3 Å². The topological polar surface area (TPSA) is 56.2 Å². The molecule has 1 aliphatic rings. The highest BCUT2D eigenvalue weighted by molar-refractivity contribution is 8.01. The quantitative estimate of drug-likeness (QED) is 0.804. The molecule has 1 N–H and O–H groups in total. The summed E-state index contributed by atoms with van der Waals surface area (Å²) in [5.74, 6) is 2.41. The standard InChI is InChI=1S/C21H29N3O2S/c1-15-18(17-8-6-5-7-9-17)23-24(4)19(15)22-20(25)21(2,3)27-14-16-10-12-26-13-11-16/h5-9,16H,10-14H2,1-4H3,(H,22,25). The van der Waals surface area contributed by atoms with E-state index in [1.165, 1.54) is 0 Å². The number of hydrogen-bond donors (Lipinski definition) is 1. The van der Waals surface area contributed by atoms with E-state index in [-0.39, 0.29) is 5.91 Å². The van der Waals surface area contributed by atoms with Crippen LogP contribution >= 0.6 is 11.8 Å². The lowest BCUT2D eigenvalue weighted by atomic mass is 10.0. The smallest absolute Gasteiger partial charge is 0.241 e. The Labute approximate surface area is 165 Å². The van der Waals surface area contributed by atoms with Crippen LogP contribution in [0.1, 0.15) is 32.3 Å². The van der Waals surface area contributed by atoms with Crippen molar-refractivity contribution in [3.63, 3.8) is 0 Å². The molecule has 3 rings (SSSR count). The molecule has 2 aromatic rings. The molecule has 0 radical (unpaired) electrons. The summed E-state index contributed by atoms with van der Waals surface area (Å²) in [4.78, 5) is 13.0. The highest BCUT2D eigenvalue weighted by atomic mass is 32.2. The van der Waals surface area contributed by atoms with E-state index < -0.39 is 4.75 Å². The van der Waals surface area contributed by atoms with Gasteiger partial charge in [0.2, 0.25) is 5.91 Å². The molecule has 1 saturated heterocycles. The SMILES string of the molecule is Cc1c(-c2ccccc2)nn(C)c1NC(=O)C(C)(C)SCC1CCOCC1. The number of amides is 1. The number of carbonyl (C=O) groups is 1. The van der Waals surface area contributed by atoms with Gasteiger partial charge in [0.25, 0.3) is 0 Å². The molecular weight excluding hydrogens is 358 g/mol. The second-order valence-corrected chi connectivity index (χ2v) is 9.29. The zero-order chi connectivity index (χ0) is 19.4. The van der Waals surface area contributed by atoms with E-state index in [0.717, 1.165) is 54.4 Å². The van der Waals surface area contributed by atoms with Gasteiger partial charge in [-0.15, -0.1) is 11.8 Å². The van der Waals surface area contributed by atoms with Crippen molar-refractivity contribution in [2.75, 3.05) is 24.3 Å². The number of aromatic nitrogens is 2. The fraction of sp³-hybridized carbons (Fsp3) is 0.524. The molecule has 0 bridgehead atoms. The summed E-state index contributed by atoms with van der Waals surface area (Å²) in [6.07, 6.45) is 2.18. The second-order valence-electron chi connectivity index (χ2n) is 7.64. The first-order valence-electron chi connectivity index (χ1n) is 9.50. The number of benzene rings is 1. The number of aryl methyl sites for hydroxylation is 1. The van der Waals surface area contributed by atoms with E-state index in [9.17, 15) is 4.79 Å². The Balaban J connectivity index is 1.68. The number of hydrogen-bond acceptors (Lipinski definition) is 4. The molecule has 0 saturated carbocycles. The third-order valence-corrected chi connectivity index (χ3v) is 6.68. The van der Waals surface area contributed by atoms with Crippen LogP contribution in [-0.2, 0) is 16.6 Å². The fourth-order valence-corrected chi connectivity index (χ4v) is 4.41. The van der Waals surface area contributed by atoms with Crippen LogP contribution in [-0.4, -0.2) is 39.4 Å². The molecule has 6 heteroatoms. The second kappa shape index (κ2) is 8.48. The number of carbonyl (C=O) groups excluding carboxylic acids is 1. The molecule has 146 valence electrons. The zero-order valence-electron chi connectivity index (χ0n) is 16.6. The summed E-state index contributed by atoms with van der Waals surface area (Å²) >= 11 is 1.73. The first-order chi connectivity index (χ1) is 12.9. The number of thioether (sulfide) groups is 1. The highest BCUT2D eigenvalue weighted by Gasteiger charge is 2.31. The van der Waals surface area contributed by atoms with Crippen LogP contribution in [0.2, 0.25) is 0 Å². The van der Waals surface area contributed by atoms with Gasteiger partial charge in [-0.2, -0.15) is 5.10 Å². The number of anilines is 1. The van der Waals surface area contributed by atoms with Crippen molar-refractivity contribution >= 4 is 23.5 Å². The lowest BCUT2D eigenvalue weighted by Crippen LogP contribution is -2.36. The molecule has 1 aromatic carbocycles. The van der Waals surface area contributed by atoms with Crippen LogP contribution in [0, 0.1) is 12.8 Å². The molecule has 27 heavy (non-hydrogen) atoms. The normalized spacial score (nSPS) is 15.7. The summed E-state index contributed by atoms with van der Waals surface area (Å²) in [6.45, 7) is 7.68. The van der Waals surface area contributed by atoms with Gasteiger partial charge in [0.15, 0.2) is 0 Å². The van der Waals surface area contributed by atoms with Gasteiger partial charge in [-0.05, 0) is 45.3 Å². The predicted molar refractivity (Wildman–Crippen MR) is 112 cm³/mol. The van der Waals surface area contributed by atoms with Crippen LogP contribution in [0.5, 0.6) is 0 Å². The molecule has 2 heterocycles. The summed E-state index contributed by atoms with van der Waals surface area (Å²) in [5.41, 5.74) is 2.95. The maximum atomic E-state index is 13.0. The lowest BCUT2D eigenvalue weighted by molar-refractivity contribution is -0.117. The van der Waals surface area contributed by atoms with Gasteiger partial charge >= 0.3 is 0 Å². The van der Waals surface area contributed by atoms with Gasteiger partial charge in [0.05, 0.1) is 10.4 Å². The van der Waals surface area contributed by atoms with E-state index in [1.807, 2.05) is 58.2 Å². The Hall–Kier alpha value is -1.79. The molecule has 0 spiro atoms. The van der Waals surface area contributed by atoms with Gasteiger partial charge in [-0.25, -0.2) is 0 Å². The van der Waals surface area contributed by atoms with Crippen molar-refractivity contribution in [1.29, 1.82) is 0 Å². The molecule has 1 aliphatic heterocycles. The summed E-state index contributed by atoms with van der Waals surface area (Å²) < 4.78 is 6.69. The molecule has 0 unspecified atom stereocenters. The monoisotopic (exact) mass is 387 g/mol. The largest absolute Gasteiger partial charge is 0.381 e. The Morgan fingerprint density at radius 2 is 1.96 bits per heavy atom. The Bertz CT molecular complexity index is 780. The number of nitrogens with one attached hydrogen (secondary N) is 1. The first kappa shape index (κ1) is 20.0. The minimum atomic E-state index is -0.498. The van der Waals surface area contributed by atoms with E-state index in [0.29, 0.717) is 5.92 Å². The molecule has 1 fully saturated rings. The lowest BCUT2D eigenvalue weighted by Gasteiger charge is -2.27. The van der Waals surface area contributed by atoms with Gasteiger partial charge < -0.3 is 10.1 Å². The zero-order valence-corrected chi connectivity index (χ0v) is 17.4. The molecule has 0 aliphatic carbocycles. The number of nitrogens with zero attached hydrogens (tertiary/aromatic N) is 2. The van der Waals surface area contributed by atoms with Gasteiger partial charge in [-0.3, -0.25) is 9.48 Å². The number of ether oxygens (including phenoxy) is 1. The number of rotatable bonds is 6. The van der Waals surface area contributed by atoms with E-state index >= 15 is 0 Å². The first-order valence-corrected chi connectivity index (χ1v) is 10.5. The van der Waals surface area contributed by atoms with Crippen molar-refractivity contribution in [1.82, 2.24) is 9.78 Å². The van der Waals surface area contributed by atoms with Crippen molar-refractivity contribution in [2.24, 2.45) is 13.0 Å². The van der Waals surface area contributed by atoms with Crippen molar-refractivity contribution in [2.45, 2.75) is 38.4 Å². The molecule has 5 nitrogen and oxygen atoms in total. The van der Waals surface area contributed by atoms with Crippen molar-refractivity contribution in [3.05, 3.63) is 35.9 Å². The Morgan fingerprint density at radius 1 is 1.30 bits per heavy atom. The predicted octanol–water partition coefficient (Wildman–Crippen LogP) is 4.27. The van der Waals surface area contributed by atoms with Crippen LogP contribution in [0.15, 0.2) is 30.3 Å². The Morgan fingerprint density at radius 3 is 2.63 bits per heavy atom. The van der Waals surface area contributed by atoms with E-state index in [2.05, 4.69) is 10.4 Å². The average Bonchev–Trinajstić information content (AvgIpc) is 2.96. The highest BCUT2D eigenvalue weighted by Crippen LogP contribution is 2.33. The maximum absolute atomic E-state index is 13.0. The molecule has 1 amide bonds. The van der Waals surface area contributed by atoms with E-state index in [4.69, 9.17) is 4.74 Å². The van der Waals surface area contributed by atoms with Gasteiger partial charge in [0.1, 0.15) is 5.82 Å². The van der Waals surface area contributed by atoms with Gasteiger partial charge in [0, 0.05) is 31.4 Å². The summed E-state index contributed by atoms with van der Waals surface area (Å²) in [6, 6.07) is 10.1. The van der Waals surface area contributed by atoms with Crippen LogP contribution in [0.25, 0.3) is 11.3 Å². The average molecular weight is 388 g/mol. The van der Waals surface area contributed by atoms with E-state index in [1.54, 1.807) is 16.4 Å². The van der Waals surface area contributed by atoms with Crippen LogP contribution in [0.3, 0.4) is 0 Å². The summed E-state index contributed by atoms with van der Waals surface area (Å²) in [5, 5.41) is 7.73. The molecule has 0 atom stereocenters. The van der Waals surface area contributed by atoms with Crippen molar-refractivity contribution < 1.29 is 9.53 Å². The Kier molecular flexibility index (Phi) is 6.27. The third kappa shape index (κ3) is 4.74. The van der Waals surface area contributed by atoms with Gasteiger partial charge in [-0.1, -0.05) is 30.3 Å². The minimum absolute atomic E-state index is 0.0188. The molecule has 1 aromatic heterocycles. The maximum Gasteiger partial charge on any atom is 0.241 e. The summed E-state index contributed by atoms with van der Waals surface area (Å²) in [7, 11) is 1.87. The fourth-order valence-electron chi connectivity index (χ4n) is 3.24. The molecular formula is C21H29N3O2S. The van der Waals surface area contributed by atoms with Crippen LogP contribution in [0.4, 0.5) is 5.82 Å². The minimum Gasteiger partial charge on any atom is -0.381 e. The van der Waals surface area contributed by atoms with Crippen LogP contribution < -0.4 is 5.32 Å².